The van der Waals surface area contributed by atoms with E-state index in [-0.39, 0.29) is 0 Å². The quantitative estimate of drug-likeness (QED) is 0.162. The normalized spacial score (nSPS) is 21.2. The van der Waals surface area contributed by atoms with Crippen LogP contribution in [-0.2, 0) is 5.41 Å². The Bertz CT molecular complexity index is 2630. The summed E-state index contributed by atoms with van der Waals surface area (Å²) in [5, 5.41) is 5.34. The second-order valence-electron chi connectivity index (χ2n) is 15.6. The van der Waals surface area contributed by atoms with E-state index in [9.17, 15) is 0 Å². The van der Waals surface area contributed by atoms with E-state index in [0.717, 1.165) is 29.1 Å². The molecule has 3 saturated carbocycles. The molecule has 0 bridgehead atoms. The van der Waals surface area contributed by atoms with Crippen LogP contribution in [0.3, 0.4) is 0 Å². The van der Waals surface area contributed by atoms with E-state index in [1.54, 1.807) is 5.56 Å². The molecule has 2 unspecified atom stereocenters. The number of rotatable bonds is 7. The first-order valence-corrected chi connectivity index (χ1v) is 19.4. The molecule has 53 heavy (non-hydrogen) atoms. The summed E-state index contributed by atoms with van der Waals surface area (Å²) in [4.78, 5) is 2.52. The van der Waals surface area contributed by atoms with Gasteiger partial charge < -0.3 is 4.90 Å². The van der Waals surface area contributed by atoms with Gasteiger partial charge in [-0.15, -0.1) is 0 Å². The van der Waals surface area contributed by atoms with Crippen LogP contribution in [0.5, 0.6) is 0 Å². The van der Waals surface area contributed by atoms with Crippen LogP contribution in [0.1, 0.15) is 31.2 Å². The second-order valence-corrected chi connectivity index (χ2v) is 15.6. The molecule has 254 valence electrons. The summed E-state index contributed by atoms with van der Waals surface area (Å²) < 4.78 is 0. The first-order valence-electron chi connectivity index (χ1n) is 19.4. The lowest BCUT2D eigenvalue weighted by molar-refractivity contribution is -0.0824. The van der Waals surface area contributed by atoms with E-state index >= 15 is 0 Å². The van der Waals surface area contributed by atoms with Gasteiger partial charge in [0.15, 0.2) is 0 Å². The minimum absolute atomic E-state index is 0.372. The highest BCUT2D eigenvalue weighted by Gasteiger charge is 2.70. The van der Waals surface area contributed by atoms with Crippen LogP contribution in [0.25, 0.3) is 54.9 Å². The molecular weight excluding hydrogens is 639 g/mol. The van der Waals surface area contributed by atoms with Gasteiger partial charge in [-0.05, 0) is 117 Å². The van der Waals surface area contributed by atoms with Gasteiger partial charge in [0.05, 0.1) is 11.4 Å². The van der Waals surface area contributed by atoms with Crippen LogP contribution < -0.4 is 4.90 Å². The Morgan fingerprint density at radius 2 is 1.04 bits per heavy atom. The summed E-state index contributed by atoms with van der Waals surface area (Å²) in [6.07, 6.45) is 5.63. The van der Waals surface area contributed by atoms with Crippen molar-refractivity contribution >= 4 is 38.6 Å². The number of anilines is 3. The summed E-state index contributed by atoms with van der Waals surface area (Å²) in [5.74, 6) is 2.53. The van der Waals surface area contributed by atoms with Gasteiger partial charge >= 0.3 is 0 Å². The van der Waals surface area contributed by atoms with Crippen molar-refractivity contribution in [3.8, 4) is 33.4 Å². The fraction of sp³-hybridized carbons (Fsp3) is 0.154. The maximum atomic E-state index is 2.52. The molecule has 3 aliphatic rings. The lowest BCUT2D eigenvalue weighted by atomic mass is 9.38. The zero-order valence-corrected chi connectivity index (χ0v) is 29.8. The molecule has 11 rings (SSSR count). The van der Waals surface area contributed by atoms with Gasteiger partial charge in [-0.25, -0.2) is 0 Å². The average Bonchev–Trinajstić information content (AvgIpc) is 3.35. The van der Waals surface area contributed by atoms with Crippen molar-refractivity contribution in [3.05, 3.63) is 188 Å². The molecule has 0 aliphatic heterocycles. The van der Waals surface area contributed by atoms with Gasteiger partial charge in [-0.2, -0.15) is 0 Å². The van der Waals surface area contributed by atoms with Gasteiger partial charge in [-0.3, -0.25) is 0 Å². The van der Waals surface area contributed by atoms with Crippen molar-refractivity contribution in [1.29, 1.82) is 0 Å². The van der Waals surface area contributed by atoms with Crippen LogP contribution in [0.15, 0.2) is 182 Å². The molecule has 0 amide bonds. The number of hydrogen-bond donors (Lipinski definition) is 0. The third-order valence-corrected chi connectivity index (χ3v) is 13.3. The highest BCUT2D eigenvalue weighted by molar-refractivity contribution is 6.05. The van der Waals surface area contributed by atoms with E-state index in [4.69, 9.17) is 0 Å². The summed E-state index contributed by atoms with van der Waals surface area (Å²) in [7, 11) is 0. The minimum atomic E-state index is 0.372. The van der Waals surface area contributed by atoms with E-state index in [1.807, 2.05) is 0 Å². The zero-order valence-electron chi connectivity index (χ0n) is 29.8. The molecule has 0 spiro atoms. The van der Waals surface area contributed by atoms with Crippen molar-refractivity contribution < 1.29 is 0 Å². The minimum Gasteiger partial charge on any atom is -0.309 e. The first-order chi connectivity index (χ1) is 26.3. The smallest absolute Gasteiger partial charge is 0.0546 e. The third kappa shape index (κ3) is 4.56. The summed E-state index contributed by atoms with van der Waals surface area (Å²) >= 11 is 0. The van der Waals surface area contributed by atoms with Crippen molar-refractivity contribution in [2.75, 3.05) is 4.90 Å². The molecule has 1 nitrogen and oxygen atoms in total. The highest BCUT2D eigenvalue weighted by atomic mass is 15.1. The van der Waals surface area contributed by atoms with Crippen LogP contribution in [0.4, 0.5) is 17.1 Å². The number of para-hydroxylation sites is 2. The second kappa shape index (κ2) is 12.1. The Morgan fingerprint density at radius 3 is 1.83 bits per heavy atom. The summed E-state index contributed by atoms with van der Waals surface area (Å²) in [6.45, 7) is 0. The summed E-state index contributed by atoms with van der Waals surface area (Å²) in [5.41, 5.74) is 12.9. The molecule has 0 heterocycles. The molecule has 3 fully saturated rings. The maximum absolute atomic E-state index is 2.52. The van der Waals surface area contributed by atoms with Gasteiger partial charge in [0, 0.05) is 22.2 Å². The van der Waals surface area contributed by atoms with Crippen molar-refractivity contribution in [2.45, 2.75) is 31.1 Å². The van der Waals surface area contributed by atoms with Crippen molar-refractivity contribution in [1.82, 2.24) is 0 Å². The molecule has 0 radical (unpaired) electrons. The van der Waals surface area contributed by atoms with Gasteiger partial charge in [-0.1, -0.05) is 158 Å². The monoisotopic (exact) mass is 679 g/mol. The lowest BCUT2D eigenvalue weighted by Crippen LogP contribution is -2.61. The molecular formula is C52H41N. The summed E-state index contributed by atoms with van der Waals surface area (Å²) in [6, 6.07) is 67.6. The first kappa shape index (κ1) is 30.7. The van der Waals surface area contributed by atoms with Gasteiger partial charge in [0.2, 0.25) is 0 Å². The molecule has 0 N–H and O–H groups in total. The topological polar surface area (TPSA) is 3.24 Å². The SMILES string of the molecule is c1ccc(-c2ccc(-c3cccc4ccccc34)cc2N(c2ccccc2)c2ccccc2-c2cccc3cccc(C45C6CCC4CC5C6)c23)cc1. The molecule has 2 atom stereocenters. The average molecular weight is 680 g/mol. The fourth-order valence-corrected chi connectivity index (χ4v) is 11.0. The number of fused-ring (bicyclic) bond motifs is 2. The van der Waals surface area contributed by atoms with Crippen LogP contribution in [0, 0.1) is 17.8 Å². The van der Waals surface area contributed by atoms with E-state index in [1.165, 1.54) is 86.3 Å². The van der Waals surface area contributed by atoms with Crippen molar-refractivity contribution in [2.24, 2.45) is 17.8 Å². The Balaban J connectivity index is 1.18. The number of benzene rings is 8. The molecule has 0 saturated heterocycles. The van der Waals surface area contributed by atoms with Crippen LogP contribution >= 0.6 is 0 Å². The van der Waals surface area contributed by atoms with E-state index < -0.39 is 0 Å². The number of nitrogens with zero attached hydrogens (tertiary/aromatic N) is 1. The van der Waals surface area contributed by atoms with Gasteiger partial charge in [0.25, 0.3) is 0 Å². The van der Waals surface area contributed by atoms with Crippen molar-refractivity contribution in [3.63, 3.8) is 0 Å². The zero-order chi connectivity index (χ0) is 34.9. The highest BCUT2D eigenvalue weighted by Crippen LogP contribution is 2.75. The predicted molar refractivity (Wildman–Crippen MR) is 223 cm³/mol. The third-order valence-electron chi connectivity index (χ3n) is 13.3. The van der Waals surface area contributed by atoms with Crippen LogP contribution in [-0.4, -0.2) is 0 Å². The molecule has 8 aromatic rings. The Hall–Kier alpha value is -5.92. The molecule has 3 aliphatic carbocycles. The molecule has 0 aromatic heterocycles. The van der Waals surface area contributed by atoms with Crippen LogP contribution in [0.2, 0.25) is 0 Å². The predicted octanol–water partition coefficient (Wildman–Crippen LogP) is 14.2. The molecule has 1 heteroatoms. The lowest BCUT2D eigenvalue weighted by Gasteiger charge is -2.65. The largest absolute Gasteiger partial charge is 0.309 e. The van der Waals surface area contributed by atoms with Gasteiger partial charge in [0.1, 0.15) is 0 Å². The molecule has 8 aromatic carbocycles. The maximum Gasteiger partial charge on any atom is 0.0546 e. The number of hydrogen-bond acceptors (Lipinski definition) is 1. The van der Waals surface area contributed by atoms with E-state index in [2.05, 4.69) is 187 Å². The standard InChI is InChI=1S/C52H41N/c1-3-14-36(15-4-1)45-31-28-38(44-24-11-17-35-16-7-8-22-43(35)44)32-50(45)53(42-20-5-2-6-21-42)49-27-10-9-23-46(49)47-25-12-18-37-19-13-26-48(51(37)47)52-39-29-30-40(52)34-41(52)33-39/h1-28,31-32,39-41H,29-30,33-34H2. The van der Waals surface area contributed by atoms with E-state index in [0.29, 0.717) is 5.41 Å². The Kier molecular flexibility index (Phi) is 6.99. The fourth-order valence-electron chi connectivity index (χ4n) is 11.0. The Labute approximate surface area is 312 Å². The Morgan fingerprint density at radius 1 is 0.415 bits per heavy atom.